The Labute approximate surface area is 89.2 Å². The van der Waals surface area contributed by atoms with Crippen molar-refractivity contribution in [3.8, 4) is 6.07 Å². The van der Waals surface area contributed by atoms with Crippen LogP contribution in [0, 0.1) is 23.0 Å². The van der Waals surface area contributed by atoms with Gasteiger partial charge in [0.25, 0.3) is 0 Å². The molecule has 0 atom stereocenters. The Bertz CT molecular complexity index is 655. The Morgan fingerprint density at radius 2 is 2.12 bits per heavy atom. The quantitative estimate of drug-likeness (QED) is 0.735. The highest BCUT2D eigenvalue weighted by Crippen LogP contribution is 2.16. The predicted molar refractivity (Wildman–Crippen MR) is 53.7 cm³/mol. The first kappa shape index (κ1) is 10.3. The zero-order valence-corrected chi connectivity index (χ0v) is 8.08. The van der Waals surface area contributed by atoms with Gasteiger partial charge in [-0.25, -0.2) is 8.78 Å². The molecule has 1 aromatic heterocycles. The van der Waals surface area contributed by atoms with Gasteiger partial charge in [-0.2, -0.15) is 5.26 Å². The molecule has 3 nitrogen and oxygen atoms in total. The topological polar surface area (TPSA) is 45.8 Å². The molecule has 0 amide bonds. The first-order valence-corrected chi connectivity index (χ1v) is 4.48. The number of hydrogen-bond donors (Lipinski definition) is 0. The van der Waals surface area contributed by atoms with Gasteiger partial charge in [0.15, 0.2) is 11.2 Å². The lowest BCUT2D eigenvalue weighted by molar-refractivity contribution is 0.586. The number of pyridine rings is 1. The van der Waals surface area contributed by atoms with Crippen LogP contribution < -0.4 is 5.43 Å². The van der Waals surface area contributed by atoms with Crippen molar-refractivity contribution in [3.05, 3.63) is 46.3 Å². The van der Waals surface area contributed by atoms with Crippen LogP contribution in [0.4, 0.5) is 8.78 Å². The Kier molecular flexibility index (Phi) is 2.41. The van der Waals surface area contributed by atoms with E-state index < -0.39 is 17.1 Å². The molecule has 0 saturated carbocycles. The summed E-state index contributed by atoms with van der Waals surface area (Å²) in [6, 6.07) is 4.67. The third-order valence-electron chi connectivity index (χ3n) is 2.23. The molecule has 0 N–H and O–H groups in total. The second kappa shape index (κ2) is 3.74. The predicted octanol–water partition coefficient (Wildman–Crippen LogP) is 1.80. The van der Waals surface area contributed by atoms with Gasteiger partial charge in [-0.3, -0.25) is 4.79 Å². The number of halogens is 2. The van der Waals surface area contributed by atoms with Gasteiger partial charge < -0.3 is 4.57 Å². The summed E-state index contributed by atoms with van der Waals surface area (Å²) >= 11 is 0. The lowest BCUT2D eigenvalue weighted by atomic mass is 10.2. The molecule has 1 heterocycles. The number of hydrogen-bond acceptors (Lipinski definition) is 2. The van der Waals surface area contributed by atoms with Gasteiger partial charge in [-0.15, -0.1) is 0 Å². The average molecular weight is 220 g/mol. The fourth-order valence-corrected chi connectivity index (χ4v) is 1.58. The zero-order chi connectivity index (χ0) is 11.7. The van der Waals surface area contributed by atoms with Crippen LogP contribution in [0.3, 0.4) is 0 Å². The maximum Gasteiger partial charge on any atom is 0.189 e. The van der Waals surface area contributed by atoms with E-state index in [4.69, 9.17) is 5.26 Å². The molecule has 0 aliphatic rings. The molecular formula is C11H6F2N2O. The van der Waals surface area contributed by atoms with E-state index in [2.05, 4.69) is 0 Å². The van der Waals surface area contributed by atoms with Crippen LogP contribution in [0.15, 0.2) is 29.2 Å². The van der Waals surface area contributed by atoms with E-state index in [0.717, 1.165) is 6.07 Å². The lowest BCUT2D eigenvalue weighted by Gasteiger charge is -2.07. The molecule has 0 fully saturated rings. The van der Waals surface area contributed by atoms with Crippen molar-refractivity contribution in [2.75, 3.05) is 0 Å². The van der Waals surface area contributed by atoms with E-state index in [1.807, 2.05) is 6.07 Å². The van der Waals surface area contributed by atoms with E-state index in [1.165, 1.54) is 16.8 Å². The van der Waals surface area contributed by atoms with Gasteiger partial charge in [-0.1, -0.05) is 0 Å². The van der Waals surface area contributed by atoms with Crippen LogP contribution in [-0.4, -0.2) is 4.57 Å². The molecule has 1 aromatic carbocycles. The highest BCUT2D eigenvalue weighted by molar-refractivity contribution is 5.79. The number of nitrogens with zero attached hydrogens (tertiary/aromatic N) is 2. The standard InChI is InChI=1S/C11H6F2N2O/c12-7-5-8-10(16)1-3-15(4-2-14)11(8)9(13)6-7/h1,3,5-6H,4H2. The fourth-order valence-electron chi connectivity index (χ4n) is 1.58. The lowest BCUT2D eigenvalue weighted by Crippen LogP contribution is -2.09. The maximum absolute atomic E-state index is 13.5. The summed E-state index contributed by atoms with van der Waals surface area (Å²) in [7, 11) is 0. The second-order valence-electron chi connectivity index (χ2n) is 3.25. The summed E-state index contributed by atoms with van der Waals surface area (Å²) in [5.74, 6) is -1.65. The number of nitriles is 1. The van der Waals surface area contributed by atoms with E-state index >= 15 is 0 Å². The third-order valence-corrected chi connectivity index (χ3v) is 2.23. The fraction of sp³-hybridized carbons (Fsp3) is 0.0909. The number of rotatable bonds is 1. The Balaban J connectivity index is 2.93. The summed E-state index contributed by atoms with van der Waals surface area (Å²) in [5.41, 5.74) is -0.516. The van der Waals surface area contributed by atoms with Gasteiger partial charge in [0.2, 0.25) is 0 Å². The Morgan fingerprint density at radius 3 is 2.81 bits per heavy atom. The molecule has 5 heteroatoms. The van der Waals surface area contributed by atoms with Gasteiger partial charge in [0, 0.05) is 18.3 Å². The Hall–Kier alpha value is -2.22. The van der Waals surface area contributed by atoms with E-state index in [9.17, 15) is 13.6 Å². The average Bonchev–Trinajstić information content (AvgIpc) is 2.22. The molecular weight excluding hydrogens is 214 g/mol. The van der Waals surface area contributed by atoms with Gasteiger partial charge in [-0.05, 0) is 6.07 Å². The van der Waals surface area contributed by atoms with Gasteiger partial charge >= 0.3 is 0 Å². The van der Waals surface area contributed by atoms with Crippen LogP contribution >= 0.6 is 0 Å². The van der Waals surface area contributed by atoms with Crippen LogP contribution in [0.2, 0.25) is 0 Å². The molecule has 0 bridgehead atoms. The Morgan fingerprint density at radius 1 is 1.38 bits per heavy atom. The monoisotopic (exact) mass is 220 g/mol. The first-order chi connectivity index (χ1) is 7.63. The van der Waals surface area contributed by atoms with Gasteiger partial charge in [0.05, 0.1) is 17.0 Å². The highest BCUT2D eigenvalue weighted by Gasteiger charge is 2.10. The summed E-state index contributed by atoms with van der Waals surface area (Å²) < 4.78 is 27.7. The van der Waals surface area contributed by atoms with Crippen LogP contribution in [0.25, 0.3) is 10.9 Å². The van der Waals surface area contributed by atoms with E-state index in [1.54, 1.807) is 0 Å². The van der Waals surface area contributed by atoms with Crippen LogP contribution in [0.5, 0.6) is 0 Å². The third kappa shape index (κ3) is 1.54. The minimum atomic E-state index is -0.844. The van der Waals surface area contributed by atoms with Crippen LogP contribution in [-0.2, 0) is 6.54 Å². The SMILES string of the molecule is N#CCn1ccc(=O)c2cc(F)cc(F)c21. The number of fused-ring (bicyclic) bond motifs is 1. The molecule has 80 valence electrons. The smallest absolute Gasteiger partial charge is 0.189 e. The van der Waals surface area contributed by atoms with Gasteiger partial charge in [0.1, 0.15) is 12.4 Å². The molecule has 0 unspecified atom stereocenters. The molecule has 0 aliphatic heterocycles. The first-order valence-electron chi connectivity index (χ1n) is 4.48. The van der Waals surface area contributed by atoms with Crippen LogP contribution in [0.1, 0.15) is 0 Å². The molecule has 2 rings (SSSR count). The van der Waals surface area contributed by atoms with Crippen molar-refractivity contribution >= 4 is 10.9 Å². The second-order valence-corrected chi connectivity index (χ2v) is 3.25. The largest absolute Gasteiger partial charge is 0.331 e. The minimum Gasteiger partial charge on any atom is -0.331 e. The number of benzene rings is 1. The molecule has 0 radical (unpaired) electrons. The summed E-state index contributed by atoms with van der Waals surface area (Å²) in [4.78, 5) is 11.4. The summed E-state index contributed by atoms with van der Waals surface area (Å²) in [6.07, 6.45) is 1.31. The molecule has 0 aliphatic carbocycles. The molecule has 2 aromatic rings. The normalized spacial score (nSPS) is 10.3. The van der Waals surface area contributed by atoms with Crippen molar-refractivity contribution in [2.24, 2.45) is 0 Å². The highest BCUT2D eigenvalue weighted by atomic mass is 19.1. The molecule has 0 spiro atoms. The van der Waals surface area contributed by atoms with E-state index in [-0.39, 0.29) is 17.4 Å². The maximum atomic E-state index is 13.5. The summed E-state index contributed by atoms with van der Waals surface area (Å²) in [5, 5.41) is 8.49. The molecule has 16 heavy (non-hydrogen) atoms. The zero-order valence-electron chi connectivity index (χ0n) is 8.08. The van der Waals surface area contributed by atoms with Crippen molar-refractivity contribution in [3.63, 3.8) is 0 Å². The molecule has 0 saturated heterocycles. The minimum absolute atomic E-state index is 0.0459. The van der Waals surface area contributed by atoms with Crippen molar-refractivity contribution in [2.45, 2.75) is 6.54 Å². The summed E-state index contributed by atoms with van der Waals surface area (Å²) in [6.45, 7) is -0.0979. The van der Waals surface area contributed by atoms with Crippen molar-refractivity contribution in [1.82, 2.24) is 4.57 Å². The number of aromatic nitrogens is 1. The van der Waals surface area contributed by atoms with Crippen molar-refractivity contribution in [1.29, 1.82) is 5.26 Å². The van der Waals surface area contributed by atoms with E-state index in [0.29, 0.717) is 6.07 Å². The van der Waals surface area contributed by atoms with Crippen molar-refractivity contribution < 1.29 is 8.78 Å².